The molecule has 6 nitrogen and oxygen atoms in total. The number of carbonyl (C=O) groups excluding carboxylic acids is 2. The van der Waals surface area contributed by atoms with Crippen molar-refractivity contribution in [2.75, 3.05) is 29.6 Å². The summed E-state index contributed by atoms with van der Waals surface area (Å²) in [6.07, 6.45) is 0. The minimum Gasteiger partial charge on any atom is -0.495 e. The molecule has 0 atom stereocenters. The van der Waals surface area contributed by atoms with Crippen LogP contribution in [0.25, 0.3) is 0 Å². The van der Waals surface area contributed by atoms with E-state index in [0.717, 1.165) is 11.3 Å². The first kappa shape index (κ1) is 21.2. The number of para-hydroxylation sites is 2. The summed E-state index contributed by atoms with van der Waals surface area (Å²) in [6, 6.07) is 19.3. The molecule has 3 aromatic carbocycles. The molecular weight excluding hydrogens is 402 g/mol. The molecular formula is C23H22ClN3O3. The lowest BCUT2D eigenvalue weighted by Crippen LogP contribution is -2.22. The van der Waals surface area contributed by atoms with E-state index in [1.807, 2.05) is 31.2 Å². The van der Waals surface area contributed by atoms with E-state index in [9.17, 15) is 9.59 Å². The highest BCUT2D eigenvalue weighted by molar-refractivity contribution is 6.31. The normalized spacial score (nSPS) is 10.2. The summed E-state index contributed by atoms with van der Waals surface area (Å²) in [5.41, 5.74) is 3.34. The summed E-state index contributed by atoms with van der Waals surface area (Å²) in [5, 5.41) is 9.32. The molecule has 0 aromatic heterocycles. The highest BCUT2D eigenvalue weighted by atomic mass is 35.5. The van der Waals surface area contributed by atoms with Gasteiger partial charge in [-0.05, 0) is 61.0 Å². The molecule has 0 fully saturated rings. The summed E-state index contributed by atoms with van der Waals surface area (Å²) in [7, 11) is 1.55. The lowest BCUT2D eigenvalue weighted by molar-refractivity contribution is -0.114. The summed E-state index contributed by atoms with van der Waals surface area (Å²) >= 11 is 6.09. The number of anilines is 3. The smallest absolute Gasteiger partial charge is 0.255 e. The molecule has 0 radical (unpaired) electrons. The van der Waals surface area contributed by atoms with Crippen LogP contribution in [0.1, 0.15) is 15.9 Å². The number of hydrogen-bond acceptors (Lipinski definition) is 4. The summed E-state index contributed by atoms with van der Waals surface area (Å²) < 4.78 is 5.24. The fourth-order valence-corrected chi connectivity index (χ4v) is 3.00. The van der Waals surface area contributed by atoms with Crippen molar-refractivity contribution in [3.8, 4) is 5.75 Å². The quantitative estimate of drug-likeness (QED) is 0.501. The Kier molecular flexibility index (Phi) is 6.93. The zero-order valence-electron chi connectivity index (χ0n) is 16.7. The van der Waals surface area contributed by atoms with Crippen molar-refractivity contribution < 1.29 is 14.3 Å². The van der Waals surface area contributed by atoms with E-state index in [-0.39, 0.29) is 18.4 Å². The molecule has 0 aliphatic heterocycles. The van der Waals surface area contributed by atoms with E-state index in [1.54, 1.807) is 49.6 Å². The van der Waals surface area contributed by atoms with Gasteiger partial charge >= 0.3 is 0 Å². The lowest BCUT2D eigenvalue weighted by atomic mass is 10.2. The molecule has 0 aliphatic carbocycles. The third-order valence-corrected chi connectivity index (χ3v) is 4.90. The molecule has 0 saturated carbocycles. The molecule has 0 saturated heterocycles. The van der Waals surface area contributed by atoms with E-state index in [0.29, 0.717) is 27.7 Å². The standard InChI is InChI=1S/C23H22ClN3O3/c1-15-18(24)6-5-8-19(15)25-14-22(28)26-17-12-10-16(11-13-17)23(29)27-20-7-3-4-9-21(20)30-2/h3-13,25H,14H2,1-2H3,(H,26,28)(H,27,29). The Labute approximate surface area is 180 Å². The Bertz CT molecular complexity index is 1050. The Hall–Kier alpha value is -3.51. The highest BCUT2D eigenvalue weighted by Gasteiger charge is 2.10. The molecule has 0 bridgehead atoms. The van der Waals surface area contributed by atoms with Crippen molar-refractivity contribution in [2.45, 2.75) is 6.92 Å². The average Bonchev–Trinajstić information content (AvgIpc) is 2.75. The number of amides is 2. The van der Waals surface area contributed by atoms with Gasteiger partial charge in [-0.15, -0.1) is 0 Å². The van der Waals surface area contributed by atoms with E-state index < -0.39 is 0 Å². The number of halogens is 1. The van der Waals surface area contributed by atoms with Crippen molar-refractivity contribution in [3.05, 3.63) is 82.9 Å². The first-order valence-electron chi connectivity index (χ1n) is 9.31. The van der Waals surface area contributed by atoms with Crippen LogP contribution in [0, 0.1) is 6.92 Å². The lowest BCUT2D eigenvalue weighted by Gasteiger charge is -2.12. The molecule has 0 unspecified atom stereocenters. The van der Waals surface area contributed by atoms with Crippen molar-refractivity contribution in [2.24, 2.45) is 0 Å². The third-order valence-electron chi connectivity index (χ3n) is 4.49. The maximum atomic E-state index is 12.5. The van der Waals surface area contributed by atoms with Gasteiger partial charge in [-0.25, -0.2) is 0 Å². The monoisotopic (exact) mass is 423 g/mol. The molecule has 0 heterocycles. The molecule has 0 spiro atoms. The van der Waals surface area contributed by atoms with Crippen LogP contribution in [0.5, 0.6) is 5.75 Å². The van der Waals surface area contributed by atoms with Gasteiger partial charge in [0.15, 0.2) is 0 Å². The van der Waals surface area contributed by atoms with Crippen LogP contribution in [-0.2, 0) is 4.79 Å². The number of hydrogen-bond donors (Lipinski definition) is 3. The maximum Gasteiger partial charge on any atom is 0.255 e. The zero-order valence-corrected chi connectivity index (χ0v) is 17.4. The van der Waals surface area contributed by atoms with Gasteiger partial charge in [0.2, 0.25) is 5.91 Å². The third kappa shape index (κ3) is 5.30. The van der Waals surface area contributed by atoms with E-state index in [1.165, 1.54) is 0 Å². The number of rotatable bonds is 7. The number of ether oxygens (including phenoxy) is 1. The molecule has 3 N–H and O–H groups in total. The SMILES string of the molecule is COc1ccccc1NC(=O)c1ccc(NC(=O)CNc2cccc(Cl)c2C)cc1. The van der Waals surface area contributed by atoms with Crippen LogP contribution in [0.2, 0.25) is 5.02 Å². The summed E-state index contributed by atoms with van der Waals surface area (Å²) in [6.45, 7) is 1.98. The number of carbonyl (C=O) groups is 2. The molecule has 154 valence electrons. The molecule has 3 aromatic rings. The van der Waals surface area contributed by atoms with Crippen LogP contribution < -0.4 is 20.7 Å². The van der Waals surface area contributed by atoms with Crippen LogP contribution in [0.4, 0.5) is 17.1 Å². The predicted molar refractivity (Wildman–Crippen MR) is 121 cm³/mol. The first-order chi connectivity index (χ1) is 14.5. The maximum absolute atomic E-state index is 12.5. The Morgan fingerprint density at radius 3 is 2.33 bits per heavy atom. The van der Waals surface area contributed by atoms with Gasteiger partial charge in [-0.3, -0.25) is 9.59 Å². The van der Waals surface area contributed by atoms with E-state index in [2.05, 4.69) is 16.0 Å². The van der Waals surface area contributed by atoms with E-state index >= 15 is 0 Å². The van der Waals surface area contributed by atoms with Crippen molar-refractivity contribution in [3.63, 3.8) is 0 Å². The van der Waals surface area contributed by atoms with Crippen molar-refractivity contribution in [1.82, 2.24) is 0 Å². The Morgan fingerprint density at radius 2 is 1.60 bits per heavy atom. The number of methoxy groups -OCH3 is 1. The minimum atomic E-state index is -0.268. The fraction of sp³-hybridized carbons (Fsp3) is 0.130. The minimum absolute atomic E-state index is 0.0945. The van der Waals surface area contributed by atoms with Gasteiger partial charge in [0.1, 0.15) is 5.75 Å². The van der Waals surface area contributed by atoms with Crippen LogP contribution in [-0.4, -0.2) is 25.5 Å². The van der Waals surface area contributed by atoms with Crippen molar-refractivity contribution in [1.29, 1.82) is 0 Å². The van der Waals surface area contributed by atoms with Gasteiger partial charge < -0.3 is 20.7 Å². The zero-order chi connectivity index (χ0) is 21.5. The van der Waals surface area contributed by atoms with Gasteiger partial charge in [-0.2, -0.15) is 0 Å². The Morgan fingerprint density at radius 1 is 0.900 bits per heavy atom. The fourth-order valence-electron chi connectivity index (χ4n) is 2.83. The summed E-state index contributed by atoms with van der Waals surface area (Å²) in [4.78, 5) is 24.7. The van der Waals surface area contributed by atoms with Crippen LogP contribution in [0.15, 0.2) is 66.7 Å². The molecule has 2 amide bonds. The number of benzene rings is 3. The average molecular weight is 424 g/mol. The molecule has 0 aliphatic rings. The Balaban J connectivity index is 1.56. The highest BCUT2D eigenvalue weighted by Crippen LogP contribution is 2.24. The van der Waals surface area contributed by atoms with E-state index in [4.69, 9.17) is 16.3 Å². The van der Waals surface area contributed by atoms with Crippen molar-refractivity contribution >= 4 is 40.5 Å². The topological polar surface area (TPSA) is 79.5 Å². The van der Waals surface area contributed by atoms with Crippen LogP contribution in [0.3, 0.4) is 0 Å². The van der Waals surface area contributed by atoms with Gasteiger partial charge in [-0.1, -0.05) is 29.8 Å². The second-order valence-electron chi connectivity index (χ2n) is 6.55. The molecule has 7 heteroatoms. The summed E-state index contributed by atoms with van der Waals surface area (Å²) in [5.74, 6) is 0.105. The van der Waals surface area contributed by atoms with Gasteiger partial charge in [0.05, 0.1) is 19.3 Å². The van der Waals surface area contributed by atoms with Gasteiger partial charge in [0, 0.05) is 22.0 Å². The largest absolute Gasteiger partial charge is 0.495 e. The number of nitrogens with one attached hydrogen (secondary N) is 3. The van der Waals surface area contributed by atoms with Gasteiger partial charge in [0.25, 0.3) is 5.91 Å². The molecule has 3 rings (SSSR count). The first-order valence-corrected chi connectivity index (χ1v) is 9.69. The second-order valence-corrected chi connectivity index (χ2v) is 6.95. The molecule has 30 heavy (non-hydrogen) atoms. The predicted octanol–water partition coefficient (Wildman–Crippen LogP) is 4.96. The second kappa shape index (κ2) is 9.80. The van der Waals surface area contributed by atoms with Crippen LogP contribution >= 0.6 is 11.6 Å².